The number of benzene rings is 6. The lowest BCUT2D eigenvalue weighted by Gasteiger charge is -2.18. The molecule has 0 saturated heterocycles. The van der Waals surface area contributed by atoms with Crippen molar-refractivity contribution in [2.75, 3.05) is 0 Å². The van der Waals surface area contributed by atoms with Crippen LogP contribution in [0.1, 0.15) is 21.9 Å². The average Bonchev–Trinajstić information content (AvgIpc) is 3.48. The number of rotatable bonds is 2. The van der Waals surface area contributed by atoms with Gasteiger partial charge in [0.05, 0.1) is 21.9 Å². The zero-order chi connectivity index (χ0) is 35.7. The molecule has 1 heteroatoms. The van der Waals surface area contributed by atoms with Gasteiger partial charge in [0.25, 0.3) is 0 Å². The Balaban J connectivity index is 1.95. The lowest BCUT2D eigenvalue weighted by molar-refractivity contribution is 0.669. The molecule has 7 rings (SSSR count). The summed E-state index contributed by atoms with van der Waals surface area (Å²) in [5, 5.41) is -1.20. The third kappa shape index (κ3) is 2.66. The van der Waals surface area contributed by atoms with Gasteiger partial charge in [0.15, 0.2) is 0 Å². The van der Waals surface area contributed by atoms with Crippen molar-refractivity contribution in [1.82, 2.24) is 0 Å². The van der Waals surface area contributed by atoms with Crippen LogP contribution in [-0.2, 0) is 0 Å². The van der Waals surface area contributed by atoms with Crippen molar-refractivity contribution in [2.45, 2.75) is 0 Å². The first-order valence-corrected chi connectivity index (χ1v) is 9.99. The van der Waals surface area contributed by atoms with Gasteiger partial charge in [-0.2, -0.15) is 0 Å². The fraction of sp³-hybridized carbons (Fsp3) is 0. The van der Waals surface area contributed by atoms with Gasteiger partial charge in [-0.05, 0) is 55.9 Å². The van der Waals surface area contributed by atoms with E-state index in [2.05, 4.69) is 0 Å². The first-order chi connectivity index (χ1) is 23.0. The summed E-state index contributed by atoms with van der Waals surface area (Å²) in [4.78, 5) is 0. The molecule has 0 unspecified atom stereocenters. The average molecular weight is 437 g/mol. The van der Waals surface area contributed by atoms with Crippen LogP contribution in [0.2, 0.25) is 0 Å². The molecular weight excluding hydrogens is 400 g/mol. The summed E-state index contributed by atoms with van der Waals surface area (Å²) in [6.45, 7) is 0. The molecule has 0 aliphatic rings. The van der Waals surface area contributed by atoms with Crippen molar-refractivity contribution >= 4 is 43.5 Å². The minimum atomic E-state index is -0.784. The lowest BCUT2D eigenvalue weighted by atomic mass is 9.85. The minimum absolute atomic E-state index is 0.0829. The summed E-state index contributed by atoms with van der Waals surface area (Å²) in [6, 6.07) is -5.00. The summed E-state index contributed by atoms with van der Waals surface area (Å²) in [6.07, 6.45) is 0. The van der Waals surface area contributed by atoms with Gasteiger partial charge in [0.1, 0.15) is 11.2 Å². The largest absolute Gasteiger partial charge is 0.456 e. The van der Waals surface area contributed by atoms with Crippen LogP contribution < -0.4 is 0 Å². The third-order valence-corrected chi connectivity index (χ3v) is 5.58. The molecule has 7 aromatic rings. The monoisotopic (exact) mass is 436 g/mol. The second kappa shape index (κ2) is 7.08. The van der Waals surface area contributed by atoms with E-state index in [1.54, 1.807) is 24.3 Å². The van der Waals surface area contributed by atoms with E-state index < -0.39 is 119 Å². The summed E-state index contributed by atoms with van der Waals surface area (Å²) >= 11 is 0. The molecule has 1 nitrogen and oxygen atoms in total. The number of fused-ring (bicyclic) bond motifs is 5. The highest BCUT2D eigenvalue weighted by Gasteiger charge is 2.19. The number of hydrogen-bond donors (Lipinski definition) is 0. The van der Waals surface area contributed by atoms with Crippen molar-refractivity contribution in [3.63, 3.8) is 0 Å². The zero-order valence-corrected chi connectivity index (χ0v) is 16.7. The highest BCUT2D eigenvalue weighted by Crippen LogP contribution is 2.46. The van der Waals surface area contributed by atoms with Crippen LogP contribution in [-0.4, -0.2) is 0 Å². The maximum absolute atomic E-state index is 9.16. The molecule has 1 heterocycles. The maximum Gasteiger partial charge on any atom is 0.136 e. The van der Waals surface area contributed by atoms with Gasteiger partial charge in [0.2, 0.25) is 0 Å². The van der Waals surface area contributed by atoms with E-state index in [-0.39, 0.29) is 38.5 Å². The molecule has 0 aliphatic heterocycles. The Bertz CT molecular complexity index is 2570. The van der Waals surface area contributed by atoms with Gasteiger partial charge < -0.3 is 4.42 Å². The van der Waals surface area contributed by atoms with Gasteiger partial charge in [-0.1, -0.05) is 109 Å². The molecule has 0 bridgehead atoms. The predicted octanol–water partition coefficient (Wildman–Crippen LogP) is 9.23. The molecule has 0 atom stereocenters. The van der Waals surface area contributed by atoms with Crippen molar-refractivity contribution in [1.29, 1.82) is 0 Å². The number of hydrogen-bond acceptors (Lipinski definition) is 1. The van der Waals surface area contributed by atoms with Crippen LogP contribution in [0, 0.1) is 0 Å². The topological polar surface area (TPSA) is 13.1 Å². The summed E-state index contributed by atoms with van der Waals surface area (Å²) < 4.78 is 146. The van der Waals surface area contributed by atoms with E-state index in [0.29, 0.717) is 5.39 Å². The highest BCUT2D eigenvalue weighted by molar-refractivity contribution is 6.25. The third-order valence-electron chi connectivity index (χ3n) is 5.58. The van der Waals surface area contributed by atoms with Crippen LogP contribution in [0.25, 0.3) is 65.7 Å². The summed E-state index contributed by atoms with van der Waals surface area (Å²) in [5.41, 5.74) is -1.41. The van der Waals surface area contributed by atoms with Crippen LogP contribution in [0.4, 0.5) is 0 Å². The van der Waals surface area contributed by atoms with Crippen LogP contribution >= 0.6 is 0 Å². The summed E-state index contributed by atoms with van der Waals surface area (Å²) in [7, 11) is 0. The Morgan fingerprint density at radius 2 is 1.09 bits per heavy atom. The first-order valence-electron chi connectivity index (χ1n) is 18.0. The van der Waals surface area contributed by atoms with E-state index in [0.717, 1.165) is 0 Å². The lowest BCUT2D eigenvalue weighted by Crippen LogP contribution is -1.91. The van der Waals surface area contributed by atoms with E-state index in [9.17, 15) is 0 Å². The van der Waals surface area contributed by atoms with E-state index in [1.165, 1.54) is 0 Å². The van der Waals surface area contributed by atoms with Gasteiger partial charge in [0, 0.05) is 10.8 Å². The normalized spacial score (nSPS) is 18.4. The second-order valence-corrected chi connectivity index (χ2v) is 7.30. The molecule has 0 aliphatic carbocycles. The minimum Gasteiger partial charge on any atom is -0.456 e. The summed E-state index contributed by atoms with van der Waals surface area (Å²) in [5.74, 6) is 0. The molecule has 33 heavy (non-hydrogen) atoms. The van der Waals surface area contributed by atoms with Gasteiger partial charge >= 0.3 is 0 Å². The molecule has 0 radical (unpaired) electrons. The standard InChI is InChI=1S/C32H20O/c1-2-11-21(12-3-1)30-22-13-4-6-15-24(22)31(25-16-7-5-14-23(25)30)27-18-10-20-29-32(27)26-17-8-9-19-28(26)33-29/h1-20H/i1D,2D,3D,4D,5D,6D,7D,10D,11D,12D,13D,14D,15D,16D,18D,20D. The number of furan rings is 1. The van der Waals surface area contributed by atoms with Crippen molar-refractivity contribution in [3.8, 4) is 22.3 Å². The van der Waals surface area contributed by atoms with Crippen molar-refractivity contribution < 1.29 is 26.3 Å². The van der Waals surface area contributed by atoms with Crippen LogP contribution in [0.15, 0.2) is 125 Å². The van der Waals surface area contributed by atoms with E-state index in [1.807, 2.05) is 0 Å². The Labute approximate surface area is 214 Å². The Kier molecular flexibility index (Phi) is 1.83. The van der Waals surface area contributed by atoms with E-state index in [4.69, 9.17) is 26.3 Å². The second-order valence-electron chi connectivity index (χ2n) is 7.30. The molecule has 0 fully saturated rings. The smallest absolute Gasteiger partial charge is 0.136 e. The SMILES string of the molecule is [2H]c1c([2H])c([2H])c(-c2c3c([2H])c([2H])c([2H])c([2H])c3c(-c3c([2H])c([2H])c([2H])c4oc5ccccc5c34)c3c([2H])c([2H])c([2H])c([2H])c23)c([2H])c1[2H]. The molecule has 0 amide bonds. The van der Waals surface area contributed by atoms with Crippen LogP contribution in [0.3, 0.4) is 0 Å². The van der Waals surface area contributed by atoms with Crippen molar-refractivity contribution in [3.05, 3.63) is 121 Å². The molecule has 0 spiro atoms. The fourth-order valence-corrected chi connectivity index (χ4v) is 4.28. The highest BCUT2D eigenvalue weighted by atomic mass is 16.3. The first kappa shape index (κ1) is 8.53. The van der Waals surface area contributed by atoms with Gasteiger partial charge in [-0.25, -0.2) is 0 Å². The molecule has 0 saturated carbocycles. The van der Waals surface area contributed by atoms with Crippen molar-refractivity contribution in [2.24, 2.45) is 0 Å². The number of para-hydroxylation sites is 1. The molecule has 1 aromatic heterocycles. The van der Waals surface area contributed by atoms with E-state index >= 15 is 0 Å². The van der Waals surface area contributed by atoms with Gasteiger partial charge in [-0.15, -0.1) is 0 Å². The Hall–Kier alpha value is -4.36. The van der Waals surface area contributed by atoms with Gasteiger partial charge in [-0.3, -0.25) is 0 Å². The maximum atomic E-state index is 9.16. The Morgan fingerprint density at radius 1 is 0.485 bits per heavy atom. The predicted molar refractivity (Wildman–Crippen MR) is 140 cm³/mol. The zero-order valence-electron chi connectivity index (χ0n) is 32.7. The Morgan fingerprint density at radius 3 is 1.79 bits per heavy atom. The molecule has 0 N–H and O–H groups in total. The van der Waals surface area contributed by atoms with Crippen LogP contribution in [0.5, 0.6) is 0 Å². The fourth-order valence-electron chi connectivity index (χ4n) is 4.28. The molecule has 154 valence electrons. The quantitative estimate of drug-likeness (QED) is 0.246. The molecular formula is C32H20O. The molecule has 6 aromatic carbocycles.